The summed E-state index contributed by atoms with van der Waals surface area (Å²) >= 11 is 0. The first-order valence-electron chi connectivity index (χ1n) is 12.2. The van der Waals surface area contributed by atoms with Gasteiger partial charge in [-0.2, -0.15) is 18.2 Å². The number of alkyl halides is 3. The Morgan fingerprint density at radius 2 is 1.70 bits per heavy atom. The van der Waals surface area contributed by atoms with Gasteiger partial charge in [-0.15, -0.1) is 0 Å². The van der Waals surface area contributed by atoms with Gasteiger partial charge in [0, 0.05) is 57.8 Å². The van der Waals surface area contributed by atoms with E-state index in [2.05, 4.69) is 37.5 Å². The van der Waals surface area contributed by atoms with Gasteiger partial charge in [-0.1, -0.05) is 12.6 Å². The highest BCUT2D eigenvalue weighted by molar-refractivity contribution is 5.99. The Morgan fingerprint density at radius 1 is 0.975 bits per heavy atom. The maximum Gasteiger partial charge on any atom is 0.421 e. The fourth-order valence-electron chi connectivity index (χ4n) is 3.94. The summed E-state index contributed by atoms with van der Waals surface area (Å²) in [6.07, 6.45) is -1.40. The van der Waals surface area contributed by atoms with Gasteiger partial charge >= 0.3 is 12.2 Å². The second kappa shape index (κ2) is 11.9. The highest BCUT2D eigenvalue weighted by Gasteiger charge is 2.35. The molecule has 0 atom stereocenters. The van der Waals surface area contributed by atoms with Crippen molar-refractivity contribution in [1.29, 1.82) is 0 Å². The number of pyridine rings is 1. The quantitative estimate of drug-likeness (QED) is 0.369. The van der Waals surface area contributed by atoms with Gasteiger partial charge in [0.1, 0.15) is 17.2 Å². The van der Waals surface area contributed by atoms with Crippen molar-refractivity contribution in [2.45, 2.75) is 6.18 Å². The van der Waals surface area contributed by atoms with Gasteiger partial charge < -0.3 is 30.7 Å². The van der Waals surface area contributed by atoms with Crippen LogP contribution in [0.25, 0.3) is 0 Å². The van der Waals surface area contributed by atoms with Crippen LogP contribution in [0, 0.1) is 0 Å². The number of nitrogens with zero attached hydrogens (tertiary/aromatic N) is 6. The molecule has 40 heavy (non-hydrogen) atoms. The minimum absolute atomic E-state index is 0.0373. The molecule has 1 aliphatic heterocycles. The van der Waals surface area contributed by atoms with E-state index in [0.717, 1.165) is 6.08 Å². The highest BCUT2D eigenvalue weighted by atomic mass is 19.4. The van der Waals surface area contributed by atoms with Gasteiger partial charge in [-0.05, 0) is 36.4 Å². The van der Waals surface area contributed by atoms with Gasteiger partial charge in [0.2, 0.25) is 11.9 Å². The van der Waals surface area contributed by atoms with E-state index in [1.165, 1.54) is 18.3 Å². The predicted octanol–water partition coefficient (Wildman–Crippen LogP) is 4.31. The first kappa shape index (κ1) is 28.1. The lowest BCUT2D eigenvalue weighted by atomic mass is 10.2. The molecule has 2 aromatic heterocycles. The molecule has 0 aliphatic carbocycles. The minimum atomic E-state index is -4.71. The van der Waals surface area contributed by atoms with Crippen LogP contribution in [0.5, 0.6) is 0 Å². The number of nitrogens with one attached hydrogen (secondary N) is 3. The van der Waals surface area contributed by atoms with E-state index in [1.807, 2.05) is 4.90 Å². The Hall–Kier alpha value is -4.88. The van der Waals surface area contributed by atoms with E-state index in [4.69, 9.17) is 0 Å². The number of amides is 3. The van der Waals surface area contributed by atoms with E-state index in [1.54, 1.807) is 48.2 Å². The zero-order valence-electron chi connectivity index (χ0n) is 21.9. The van der Waals surface area contributed by atoms with Gasteiger partial charge in [-0.25, -0.2) is 14.8 Å². The number of carbonyl (C=O) groups is 2. The molecule has 1 aliphatic rings. The summed E-state index contributed by atoms with van der Waals surface area (Å²) in [5, 5.41) is 8.10. The van der Waals surface area contributed by atoms with Gasteiger partial charge in [0.15, 0.2) is 0 Å². The SMILES string of the molecule is C=CC(=O)Nc1cccc(Nc2nc(Nc3ccc(N4CCN(C(=O)N(C)C)CC4)nc3)ncc2C(F)(F)F)c1. The van der Waals surface area contributed by atoms with Crippen molar-refractivity contribution >= 4 is 46.6 Å². The lowest BCUT2D eigenvalue weighted by Gasteiger charge is -2.36. The molecular weight excluding hydrogens is 527 g/mol. The molecule has 210 valence electrons. The molecule has 3 N–H and O–H groups in total. The molecule has 0 unspecified atom stereocenters. The Bertz CT molecular complexity index is 1370. The number of hydrogen-bond acceptors (Lipinski definition) is 8. The number of halogens is 3. The lowest BCUT2D eigenvalue weighted by molar-refractivity contribution is -0.137. The number of carbonyl (C=O) groups excluding carboxylic acids is 2. The number of anilines is 6. The van der Waals surface area contributed by atoms with Crippen LogP contribution in [-0.4, -0.2) is 77.0 Å². The fourth-order valence-corrected chi connectivity index (χ4v) is 3.94. The standard InChI is InChI=1S/C26H28F3N9O2/c1-4-22(39)32-17-6-5-7-18(14-17)33-23-20(26(27,28)29)16-31-24(35-23)34-19-8-9-21(30-15-19)37-10-12-38(13-11-37)25(40)36(2)3/h4-9,14-16H,1,10-13H2,2-3H3,(H,32,39)(H2,31,33,34,35). The Labute approximate surface area is 228 Å². The summed E-state index contributed by atoms with van der Waals surface area (Å²) in [4.78, 5) is 41.4. The Morgan fingerprint density at radius 3 is 2.33 bits per heavy atom. The average Bonchev–Trinajstić information content (AvgIpc) is 2.93. The molecule has 11 nitrogen and oxygen atoms in total. The molecule has 14 heteroatoms. The lowest BCUT2D eigenvalue weighted by Crippen LogP contribution is -2.51. The fraction of sp³-hybridized carbons (Fsp3) is 0.269. The summed E-state index contributed by atoms with van der Waals surface area (Å²) in [5.41, 5.74) is 0.0621. The molecule has 0 bridgehead atoms. The van der Waals surface area contributed by atoms with Crippen LogP contribution >= 0.6 is 0 Å². The van der Waals surface area contributed by atoms with Crippen molar-refractivity contribution in [1.82, 2.24) is 24.8 Å². The Kier molecular flexibility index (Phi) is 8.36. The average molecular weight is 556 g/mol. The molecule has 1 fully saturated rings. The molecule has 1 saturated heterocycles. The molecule has 0 saturated carbocycles. The summed E-state index contributed by atoms with van der Waals surface area (Å²) in [6.45, 7) is 5.75. The van der Waals surface area contributed by atoms with Crippen molar-refractivity contribution in [2.24, 2.45) is 0 Å². The van der Waals surface area contributed by atoms with E-state index < -0.39 is 23.5 Å². The summed E-state index contributed by atoms with van der Waals surface area (Å²) in [6, 6.07) is 9.63. The van der Waals surface area contributed by atoms with Crippen LogP contribution in [0.4, 0.5) is 52.6 Å². The molecule has 3 aromatic rings. The smallest absolute Gasteiger partial charge is 0.353 e. The first-order valence-corrected chi connectivity index (χ1v) is 12.2. The first-order chi connectivity index (χ1) is 19.0. The zero-order valence-corrected chi connectivity index (χ0v) is 21.9. The van der Waals surface area contributed by atoms with E-state index in [9.17, 15) is 22.8 Å². The third kappa shape index (κ3) is 6.95. The van der Waals surface area contributed by atoms with Crippen LogP contribution in [0.3, 0.4) is 0 Å². The maximum absolute atomic E-state index is 13.7. The molecule has 4 rings (SSSR count). The topological polar surface area (TPSA) is 119 Å². The molecule has 3 heterocycles. The van der Waals surface area contributed by atoms with E-state index in [-0.39, 0.29) is 17.7 Å². The van der Waals surface area contributed by atoms with Crippen molar-refractivity contribution in [2.75, 3.05) is 61.1 Å². The monoisotopic (exact) mass is 555 g/mol. The van der Waals surface area contributed by atoms with E-state index in [0.29, 0.717) is 49.6 Å². The van der Waals surface area contributed by atoms with Gasteiger partial charge in [-0.3, -0.25) is 4.79 Å². The van der Waals surface area contributed by atoms with E-state index >= 15 is 0 Å². The summed E-state index contributed by atoms with van der Waals surface area (Å²) in [7, 11) is 3.43. The number of rotatable bonds is 7. The second-order valence-electron chi connectivity index (χ2n) is 9.03. The number of benzene rings is 1. The van der Waals surface area contributed by atoms with Crippen LogP contribution in [0.1, 0.15) is 5.56 Å². The number of piperazine rings is 1. The maximum atomic E-state index is 13.7. The Balaban J connectivity index is 1.47. The largest absolute Gasteiger partial charge is 0.421 e. The predicted molar refractivity (Wildman–Crippen MR) is 146 cm³/mol. The molecular formula is C26H28F3N9O2. The normalized spacial score (nSPS) is 13.4. The van der Waals surface area contributed by atoms with Crippen molar-refractivity contribution in [3.8, 4) is 0 Å². The minimum Gasteiger partial charge on any atom is -0.353 e. The number of hydrogen-bond donors (Lipinski definition) is 3. The van der Waals surface area contributed by atoms with Crippen molar-refractivity contribution in [3.63, 3.8) is 0 Å². The molecule has 1 aromatic carbocycles. The third-order valence-corrected chi connectivity index (χ3v) is 5.93. The van der Waals surface area contributed by atoms with Crippen LogP contribution in [-0.2, 0) is 11.0 Å². The second-order valence-corrected chi connectivity index (χ2v) is 9.03. The zero-order chi connectivity index (χ0) is 28.9. The molecule has 0 spiro atoms. The molecule has 0 radical (unpaired) electrons. The number of aromatic nitrogens is 3. The third-order valence-electron chi connectivity index (χ3n) is 5.93. The van der Waals surface area contributed by atoms with Crippen LogP contribution < -0.4 is 20.9 Å². The van der Waals surface area contributed by atoms with Crippen LogP contribution in [0.2, 0.25) is 0 Å². The van der Waals surface area contributed by atoms with Crippen LogP contribution in [0.15, 0.2) is 61.4 Å². The summed E-state index contributed by atoms with van der Waals surface area (Å²) in [5.74, 6) is -0.284. The number of urea groups is 1. The van der Waals surface area contributed by atoms with Gasteiger partial charge in [0.05, 0.1) is 11.9 Å². The molecule has 3 amide bonds. The highest BCUT2D eigenvalue weighted by Crippen LogP contribution is 2.35. The van der Waals surface area contributed by atoms with Crippen molar-refractivity contribution < 1.29 is 22.8 Å². The van der Waals surface area contributed by atoms with Gasteiger partial charge in [0.25, 0.3) is 0 Å². The summed E-state index contributed by atoms with van der Waals surface area (Å²) < 4.78 is 41.1. The van der Waals surface area contributed by atoms with Crippen molar-refractivity contribution in [3.05, 3.63) is 67.0 Å².